The first kappa shape index (κ1) is 31.7. The molecule has 0 aromatic heterocycles. The normalized spacial score (nSPS) is 32.1. The lowest BCUT2D eigenvalue weighted by Crippen LogP contribution is -2.67. The minimum Gasteiger partial charge on any atom is -0.364 e. The van der Waals surface area contributed by atoms with Gasteiger partial charge in [0.15, 0.2) is 0 Å². The van der Waals surface area contributed by atoms with Gasteiger partial charge in [0.1, 0.15) is 36.5 Å². The summed E-state index contributed by atoms with van der Waals surface area (Å²) in [4.78, 5) is 61.4. The van der Waals surface area contributed by atoms with Crippen LogP contribution in [-0.4, -0.2) is 69.9 Å². The molecule has 6 aliphatic rings. The second-order valence-corrected chi connectivity index (χ2v) is 15.6. The van der Waals surface area contributed by atoms with Crippen molar-refractivity contribution in [1.29, 1.82) is 0 Å². The second kappa shape index (κ2) is 11.2. The van der Waals surface area contributed by atoms with Gasteiger partial charge in [-0.05, 0) is 59.4 Å². The average molecular weight is 734 g/mol. The number of hydrogen-bond donors (Lipinski definition) is 4. The monoisotopic (exact) mass is 732 g/mol. The van der Waals surface area contributed by atoms with Crippen LogP contribution in [0, 0.1) is 0 Å². The van der Waals surface area contributed by atoms with Crippen LogP contribution in [-0.2, 0) is 42.8 Å². The fraction of sp³-hybridized carbons (Fsp3) is 0.300. The van der Waals surface area contributed by atoms with Gasteiger partial charge < -0.3 is 31.1 Å². The number of carbonyl (C=O) groups is 4. The van der Waals surface area contributed by atoms with Gasteiger partial charge >= 0.3 is 0 Å². The van der Waals surface area contributed by atoms with Gasteiger partial charge in [-0.1, -0.05) is 96.0 Å². The molecular weight excluding hydrogens is 699 g/mol. The largest absolute Gasteiger partial charge is 0.364 e. The number of amides is 4. The molecule has 0 spiro atoms. The summed E-state index contributed by atoms with van der Waals surface area (Å²) in [6.07, 6.45) is -0.202. The number of para-hydroxylation sites is 2. The van der Waals surface area contributed by atoms with E-state index in [0.717, 1.165) is 33.6 Å². The van der Waals surface area contributed by atoms with Crippen molar-refractivity contribution in [2.45, 2.75) is 73.0 Å². The molecule has 0 aliphatic carbocycles. The highest BCUT2D eigenvalue weighted by atomic mass is 35.5. The number of nitrogens with zero attached hydrogens (tertiary/aromatic N) is 2. The van der Waals surface area contributed by atoms with Crippen molar-refractivity contribution in [2.24, 2.45) is 0 Å². The van der Waals surface area contributed by atoms with Gasteiger partial charge in [0.2, 0.25) is 23.6 Å². The third-order valence-corrected chi connectivity index (χ3v) is 13.2. The molecule has 0 bridgehead atoms. The maximum atomic E-state index is 14.7. The Morgan fingerprint density at radius 1 is 0.538 bits per heavy atom. The molecule has 0 radical (unpaired) electrons. The SMILES string of the molecule is O=C1NC(Cc2ccccc2Cl)C(=O)N2C1CC1(C34CC5C(=O)NC(Cc6ccccc6Cl)C(=O)N5C3Nc3ccccc34)c3ccccc3NC21. The minimum atomic E-state index is -0.916. The molecule has 4 aromatic carbocycles. The second-order valence-electron chi connectivity index (χ2n) is 14.8. The number of halogens is 2. The molecule has 8 atom stereocenters. The summed E-state index contributed by atoms with van der Waals surface area (Å²) in [5, 5.41) is 14.5. The number of fused-ring (bicyclic) bond motifs is 11. The Labute approximate surface area is 309 Å². The van der Waals surface area contributed by atoms with Gasteiger partial charge in [-0.25, -0.2) is 0 Å². The molecule has 262 valence electrons. The summed E-state index contributed by atoms with van der Waals surface area (Å²) in [7, 11) is 0. The van der Waals surface area contributed by atoms with Gasteiger partial charge in [0, 0.05) is 34.3 Å². The molecule has 6 aliphatic heterocycles. The first-order valence-electron chi connectivity index (χ1n) is 17.7. The summed E-state index contributed by atoms with van der Waals surface area (Å²) >= 11 is 13.0. The van der Waals surface area contributed by atoms with Crippen LogP contribution in [0.25, 0.3) is 0 Å². The summed E-state index contributed by atoms with van der Waals surface area (Å²) in [5.41, 5.74) is 3.35. The molecule has 52 heavy (non-hydrogen) atoms. The first-order valence-corrected chi connectivity index (χ1v) is 18.4. The number of anilines is 2. The van der Waals surface area contributed by atoms with Crippen LogP contribution >= 0.6 is 23.2 Å². The van der Waals surface area contributed by atoms with Crippen LogP contribution in [0.1, 0.15) is 35.1 Å². The quantitative estimate of drug-likeness (QED) is 0.242. The highest BCUT2D eigenvalue weighted by Crippen LogP contribution is 2.68. The fourth-order valence-electron chi connectivity index (χ4n) is 10.5. The molecule has 10 rings (SSSR count). The topological polar surface area (TPSA) is 123 Å². The van der Waals surface area contributed by atoms with Gasteiger partial charge in [-0.15, -0.1) is 0 Å². The number of hydrogen-bond acceptors (Lipinski definition) is 6. The zero-order valence-corrected chi connectivity index (χ0v) is 29.3. The third kappa shape index (κ3) is 4.07. The number of benzene rings is 4. The molecule has 8 unspecified atom stereocenters. The standard InChI is InChI=1S/C40H34Cl2N6O4/c41-25-13-5-1-9-21(25)17-29-35(51)47-31(33(49)43-29)19-39(23-11-3-7-15-27(23)45-37(39)47)40-20-32-34(50)44-30(18-22-10-2-6-14-26(22)42)36(52)48(32)38(40)46-28-16-8-4-12-24(28)40/h1-16,29-32,37-38,45-46H,17-20H2,(H,43,49)(H,44,50). The Morgan fingerprint density at radius 2 is 0.923 bits per heavy atom. The smallest absolute Gasteiger partial charge is 0.247 e. The van der Waals surface area contributed by atoms with E-state index in [0.29, 0.717) is 22.9 Å². The maximum Gasteiger partial charge on any atom is 0.247 e. The molecule has 10 nitrogen and oxygen atoms in total. The van der Waals surface area contributed by atoms with Crippen molar-refractivity contribution in [1.82, 2.24) is 20.4 Å². The average Bonchev–Trinajstić information content (AvgIpc) is 3.86. The van der Waals surface area contributed by atoms with Crippen LogP contribution in [0.15, 0.2) is 97.1 Å². The van der Waals surface area contributed by atoms with Crippen molar-refractivity contribution in [3.8, 4) is 0 Å². The zero-order chi connectivity index (χ0) is 35.5. The Balaban J connectivity index is 1.12. The zero-order valence-electron chi connectivity index (χ0n) is 27.8. The van der Waals surface area contributed by atoms with Crippen molar-refractivity contribution in [3.63, 3.8) is 0 Å². The number of carbonyl (C=O) groups excluding carboxylic acids is 4. The molecule has 0 saturated carbocycles. The molecular formula is C40H34Cl2N6O4. The van der Waals surface area contributed by atoms with Crippen LogP contribution in [0.5, 0.6) is 0 Å². The van der Waals surface area contributed by atoms with Gasteiger partial charge in [-0.3, -0.25) is 19.2 Å². The number of rotatable bonds is 5. The van der Waals surface area contributed by atoms with Crippen molar-refractivity contribution >= 4 is 58.2 Å². The predicted octanol–water partition coefficient (Wildman–Crippen LogP) is 4.36. The highest BCUT2D eigenvalue weighted by Gasteiger charge is 2.78. The maximum absolute atomic E-state index is 14.7. The van der Waals surface area contributed by atoms with E-state index in [1.807, 2.05) is 72.8 Å². The fourth-order valence-corrected chi connectivity index (χ4v) is 10.9. The van der Waals surface area contributed by atoms with E-state index in [1.165, 1.54) is 0 Å². The van der Waals surface area contributed by atoms with E-state index in [4.69, 9.17) is 23.2 Å². The first-order chi connectivity index (χ1) is 25.2. The number of nitrogens with one attached hydrogen (secondary N) is 4. The van der Waals surface area contributed by atoms with Gasteiger partial charge in [0.25, 0.3) is 0 Å². The Morgan fingerprint density at radius 3 is 1.35 bits per heavy atom. The van der Waals surface area contributed by atoms with E-state index < -0.39 is 47.3 Å². The highest BCUT2D eigenvalue weighted by molar-refractivity contribution is 6.31. The van der Waals surface area contributed by atoms with Crippen LogP contribution in [0.3, 0.4) is 0 Å². The third-order valence-electron chi connectivity index (χ3n) is 12.5. The van der Waals surface area contributed by atoms with E-state index in [2.05, 4.69) is 33.4 Å². The van der Waals surface area contributed by atoms with Crippen molar-refractivity contribution in [3.05, 3.63) is 129 Å². The summed E-state index contributed by atoms with van der Waals surface area (Å²) in [6.45, 7) is 0. The minimum absolute atomic E-state index is 0.201. The van der Waals surface area contributed by atoms with Gasteiger partial charge in [0.05, 0.1) is 10.8 Å². The van der Waals surface area contributed by atoms with Crippen LogP contribution in [0.2, 0.25) is 10.0 Å². The molecule has 4 N–H and O–H groups in total. The molecule has 4 saturated heterocycles. The lowest BCUT2D eigenvalue weighted by Gasteiger charge is -2.48. The van der Waals surface area contributed by atoms with Crippen molar-refractivity contribution in [2.75, 3.05) is 10.6 Å². The summed E-state index contributed by atoms with van der Waals surface area (Å²) in [5.74, 6) is -0.871. The predicted molar refractivity (Wildman–Crippen MR) is 196 cm³/mol. The Bertz CT molecular complexity index is 2080. The van der Waals surface area contributed by atoms with Crippen LogP contribution in [0.4, 0.5) is 11.4 Å². The molecule has 6 heterocycles. The van der Waals surface area contributed by atoms with Crippen molar-refractivity contribution < 1.29 is 19.2 Å². The Hall–Kier alpha value is -5.06. The lowest BCUT2D eigenvalue weighted by atomic mass is 9.54. The van der Waals surface area contributed by atoms with E-state index in [-0.39, 0.29) is 36.5 Å². The molecule has 4 aromatic rings. The molecule has 12 heteroatoms. The summed E-state index contributed by atoms with van der Waals surface area (Å²) in [6, 6.07) is 27.5. The summed E-state index contributed by atoms with van der Waals surface area (Å²) < 4.78 is 0. The Kier molecular flexibility index (Phi) is 6.83. The van der Waals surface area contributed by atoms with Gasteiger partial charge in [-0.2, -0.15) is 0 Å². The molecule has 4 amide bonds. The van der Waals surface area contributed by atoms with E-state index in [1.54, 1.807) is 21.9 Å². The van der Waals surface area contributed by atoms with Crippen LogP contribution < -0.4 is 21.3 Å². The van der Waals surface area contributed by atoms with E-state index in [9.17, 15) is 19.2 Å². The molecule has 4 fully saturated rings. The lowest BCUT2D eigenvalue weighted by molar-refractivity contribution is -0.149. The van der Waals surface area contributed by atoms with E-state index >= 15 is 0 Å². The number of piperazine rings is 2.